The Labute approximate surface area is 173 Å². The highest BCUT2D eigenvalue weighted by Gasteiger charge is 2.34. The van der Waals surface area contributed by atoms with E-state index in [1.807, 2.05) is 12.1 Å². The van der Waals surface area contributed by atoms with Crippen LogP contribution in [-0.2, 0) is 0 Å². The highest BCUT2D eigenvalue weighted by atomic mass is 19.3. The van der Waals surface area contributed by atoms with Gasteiger partial charge in [-0.15, -0.1) is 0 Å². The van der Waals surface area contributed by atoms with Crippen molar-refractivity contribution >= 4 is 0 Å². The smallest absolute Gasteiger partial charge is 0.433 e. The third-order valence-electron chi connectivity index (χ3n) is 5.53. The summed E-state index contributed by atoms with van der Waals surface area (Å²) in [5, 5.41) is 0. The zero-order valence-electron chi connectivity index (χ0n) is 16.8. The standard InChI is InChI=1S/C23H25F5O2/c1-2-3-15-4-6-16(7-5-15)17-8-10-18(11-9-17)29-14-23(27,28)30-19-12-20(24)22(26)21(25)13-19/h8-13,15-16H,2-7,14H2,1H3. The van der Waals surface area contributed by atoms with E-state index < -0.39 is 35.9 Å². The number of ether oxygens (including phenoxy) is 2. The number of rotatable bonds is 8. The van der Waals surface area contributed by atoms with Crippen molar-refractivity contribution in [3.8, 4) is 11.5 Å². The van der Waals surface area contributed by atoms with Gasteiger partial charge in [-0.25, -0.2) is 13.2 Å². The van der Waals surface area contributed by atoms with Gasteiger partial charge < -0.3 is 9.47 Å². The van der Waals surface area contributed by atoms with Gasteiger partial charge in [-0.05, 0) is 55.2 Å². The zero-order chi connectivity index (χ0) is 21.7. The number of hydrogen-bond donors (Lipinski definition) is 0. The van der Waals surface area contributed by atoms with Crippen molar-refractivity contribution in [1.29, 1.82) is 0 Å². The first kappa shape index (κ1) is 22.4. The Balaban J connectivity index is 1.53. The Hall–Kier alpha value is -2.31. The van der Waals surface area contributed by atoms with E-state index in [1.54, 1.807) is 12.1 Å². The van der Waals surface area contributed by atoms with Crippen LogP contribution in [0.4, 0.5) is 22.0 Å². The average Bonchev–Trinajstić information content (AvgIpc) is 2.71. The van der Waals surface area contributed by atoms with Crippen LogP contribution in [0.5, 0.6) is 11.5 Å². The first-order valence-electron chi connectivity index (χ1n) is 10.2. The second kappa shape index (κ2) is 9.67. The molecule has 0 unspecified atom stereocenters. The molecule has 2 aromatic rings. The molecule has 0 aliphatic heterocycles. The maximum atomic E-state index is 13.9. The van der Waals surface area contributed by atoms with Crippen molar-refractivity contribution in [3.05, 3.63) is 59.4 Å². The van der Waals surface area contributed by atoms with Crippen molar-refractivity contribution in [2.24, 2.45) is 5.92 Å². The van der Waals surface area contributed by atoms with Crippen LogP contribution < -0.4 is 9.47 Å². The van der Waals surface area contributed by atoms with Gasteiger partial charge in [-0.1, -0.05) is 31.9 Å². The molecule has 2 aromatic carbocycles. The summed E-state index contributed by atoms with van der Waals surface area (Å²) in [6.07, 6.45) is 3.31. The quantitative estimate of drug-likeness (QED) is 0.326. The van der Waals surface area contributed by atoms with E-state index in [4.69, 9.17) is 4.74 Å². The second-order valence-corrected chi connectivity index (χ2v) is 7.80. The molecule has 3 rings (SSSR count). The minimum Gasteiger partial charge on any atom is -0.483 e. The lowest BCUT2D eigenvalue weighted by molar-refractivity contribution is -0.195. The summed E-state index contributed by atoms with van der Waals surface area (Å²) in [5.74, 6) is -4.28. The van der Waals surface area contributed by atoms with Crippen LogP contribution in [0.2, 0.25) is 0 Å². The third-order valence-corrected chi connectivity index (χ3v) is 5.53. The molecule has 0 atom stereocenters. The Morgan fingerprint density at radius 1 is 0.900 bits per heavy atom. The molecule has 164 valence electrons. The van der Waals surface area contributed by atoms with Crippen LogP contribution in [0.3, 0.4) is 0 Å². The van der Waals surface area contributed by atoms with Crippen molar-refractivity contribution in [2.45, 2.75) is 57.5 Å². The van der Waals surface area contributed by atoms with Crippen molar-refractivity contribution in [1.82, 2.24) is 0 Å². The van der Waals surface area contributed by atoms with Crippen LogP contribution in [0.15, 0.2) is 36.4 Å². The molecule has 1 aliphatic carbocycles. The molecule has 0 radical (unpaired) electrons. The SMILES string of the molecule is CCCC1CCC(c2ccc(OCC(F)(F)Oc3cc(F)c(F)c(F)c3)cc2)CC1. The van der Waals surface area contributed by atoms with E-state index in [9.17, 15) is 22.0 Å². The molecule has 0 heterocycles. The fraction of sp³-hybridized carbons (Fsp3) is 0.478. The molecule has 30 heavy (non-hydrogen) atoms. The summed E-state index contributed by atoms with van der Waals surface area (Å²) >= 11 is 0. The van der Waals surface area contributed by atoms with E-state index >= 15 is 0 Å². The molecule has 7 heteroatoms. The lowest BCUT2D eigenvalue weighted by Gasteiger charge is -2.28. The molecule has 1 aliphatic rings. The fourth-order valence-electron chi connectivity index (χ4n) is 3.99. The Morgan fingerprint density at radius 2 is 1.50 bits per heavy atom. The van der Waals surface area contributed by atoms with Crippen molar-refractivity contribution < 1.29 is 31.4 Å². The normalized spacial score (nSPS) is 19.5. The van der Waals surface area contributed by atoms with Gasteiger partial charge in [0.1, 0.15) is 11.5 Å². The first-order chi connectivity index (χ1) is 14.3. The Morgan fingerprint density at radius 3 is 2.07 bits per heavy atom. The lowest BCUT2D eigenvalue weighted by Crippen LogP contribution is -2.32. The monoisotopic (exact) mass is 428 g/mol. The summed E-state index contributed by atoms with van der Waals surface area (Å²) in [5.41, 5.74) is 1.16. The minimum atomic E-state index is -3.85. The molecule has 0 bridgehead atoms. The average molecular weight is 428 g/mol. The van der Waals surface area contributed by atoms with Crippen LogP contribution in [0.25, 0.3) is 0 Å². The van der Waals surface area contributed by atoms with Crippen LogP contribution in [0.1, 0.15) is 56.9 Å². The summed E-state index contributed by atoms with van der Waals surface area (Å²) in [4.78, 5) is 0. The first-order valence-corrected chi connectivity index (χ1v) is 10.2. The van der Waals surface area contributed by atoms with Gasteiger partial charge in [0.2, 0.25) is 0 Å². The molecule has 0 spiro atoms. The van der Waals surface area contributed by atoms with Gasteiger partial charge in [0, 0.05) is 12.1 Å². The van der Waals surface area contributed by atoms with Gasteiger partial charge in [0.05, 0.1) is 0 Å². The maximum Gasteiger partial charge on any atom is 0.433 e. The molecule has 0 saturated heterocycles. The van der Waals surface area contributed by atoms with Crippen molar-refractivity contribution in [3.63, 3.8) is 0 Å². The number of benzene rings is 2. The largest absolute Gasteiger partial charge is 0.483 e. The highest BCUT2D eigenvalue weighted by Crippen LogP contribution is 2.38. The summed E-state index contributed by atoms with van der Waals surface area (Å²) in [6.45, 7) is 1.05. The molecule has 1 fully saturated rings. The fourth-order valence-corrected chi connectivity index (χ4v) is 3.99. The molecule has 0 amide bonds. The summed E-state index contributed by atoms with van der Waals surface area (Å²) < 4.78 is 76.5. The predicted molar refractivity (Wildman–Crippen MR) is 103 cm³/mol. The van der Waals surface area contributed by atoms with Gasteiger partial charge >= 0.3 is 6.11 Å². The number of alkyl halides is 2. The highest BCUT2D eigenvalue weighted by molar-refractivity contribution is 5.30. The molecule has 0 N–H and O–H groups in total. The Kier molecular flexibility index (Phi) is 7.21. The van der Waals surface area contributed by atoms with E-state index in [0.29, 0.717) is 18.1 Å². The van der Waals surface area contributed by atoms with Gasteiger partial charge in [-0.3, -0.25) is 0 Å². The van der Waals surface area contributed by atoms with E-state index in [1.165, 1.54) is 25.7 Å². The molecule has 2 nitrogen and oxygen atoms in total. The van der Waals surface area contributed by atoms with Crippen molar-refractivity contribution in [2.75, 3.05) is 6.61 Å². The molecule has 0 aromatic heterocycles. The van der Waals surface area contributed by atoms with E-state index in [2.05, 4.69) is 11.7 Å². The number of hydrogen-bond acceptors (Lipinski definition) is 2. The van der Waals surface area contributed by atoms with Gasteiger partial charge in [0.15, 0.2) is 24.1 Å². The second-order valence-electron chi connectivity index (χ2n) is 7.80. The lowest BCUT2D eigenvalue weighted by atomic mass is 9.77. The topological polar surface area (TPSA) is 18.5 Å². The predicted octanol–water partition coefficient (Wildman–Crippen LogP) is 7.23. The van der Waals surface area contributed by atoms with Crippen LogP contribution in [0, 0.1) is 23.4 Å². The molecular formula is C23H25F5O2. The Bertz CT molecular complexity index is 807. The third kappa shape index (κ3) is 5.86. The van der Waals surface area contributed by atoms with E-state index in [-0.39, 0.29) is 5.75 Å². The molecular weight excluding hydrogens is 403 g/mol. The van der Waals surface area contributed by atoms with E-state index in [0.717, 1.165) is 24.3 Å². The van der Waals surface area contributed by atoms with Gasteiger partial charge in [0.25, 0.3) is 0 Å². The maximum absolute atomic E-state index is 13.9. The summed E-state index contributed by atoms with van der Waals surface area (Å²) in [7, 11) is 0. The molecule has 1 saturated carbocycles. The zero-order valence-corrected chi connectivity index (χ0v) is 16.8. The van der Waals surface area contributed by atoms with Crippen LogP contribution in [-0.4, -0.2) is 12.7 Å². The van der Waals surface area contributed by atoms with Gasteiger partial charge in [-0.2, -0.15) is 8.78 Å². The number of halogens is 5. The summed E-state index contributed by atoms with van der Waals surface area (Å²) in [6, 6.07) is 7.72. The minimum absolute atomic E-state index is 0.234. The van der Waals surface area contributed by atoms with Crippen LogP contribution >= 0.6 is 0 Å².